The Kier molecular flexibility index (Phi) is 12.6. The van der Waals surface area contributed by atoms with E-state index < -0.39 is 23.7 Å². The van der Waals surface area contributed by atoms with Gasteiger partial charge in [-0.05, 0) is 68.5 Å². The summed E-state index contributed by atoms with van der Waals surface area (Å²) in [6.07, 6.45) is 7.32. The summed E-state index contributed by atoms with van der Waals surface area (Å²) in [6.45, 7) is 6.56. The van der Waals surface area contributed by atoms with Crippen molar-refractivity contribution < 1.29 is 38.4 Å². The predicted octanol–water partition coefficient (Wildman–Crippen LogP) is 5.63. The summed E-state index contributed by atoms with van der Waals surface area (Å²) in [6, 6.07) is 10.8. The van der Waals surface area contributed by atoms with E-state index >= 15 is 0 Å². The summed E-state index contributed by atoms with van der Waals surface area (Å²) >= 11 is 0. The predicted molar refractivity (Wildman–Crippen MR) is 134 cm³/mol. The highest BCUT2D eigenvalue weighted by Crippen LogP contribution is 2.31. The minimum absolute atomic E-state index is 0.0571. The van der Waals surface area contributed by atoms with Gasteiger partial charge in [0, 0.05) is 6.08 Å². The fraction of sp³-hybridized carbons (Fsp3) is 0.393. The number of ether oxygens (including phenoxy) is 4. The first-order valence-corrected chi connectivity index (χ1v) is 12.2. The highest BCUT2D eigenvalue weighted by Gasteiger charge is 2.19. The zero-order valence-corrected chi connectivity index (χ0v) is 20.7. The Hall–Kier alpha value is -3.81. The van der Waals surface area contributed by atoms with E-state index in [4.69, 9.17) is 18.9 Å². The average molecular weight is 499 g/mol. The van der Waals surface area contributed by atoms with Crippen LogP contribution in [-0.4, -0.2) is 42.8 Å². The van der Waals surface area contributed by atoms with E-state index in [1.807, 2.05) is 6.92 Å². The smallest absolute Gasteiger partial charge is 0.343 e. The van der Waals surface area contributed by atoms with Crippen molar-refractivity contribution in [1.82, 2.24) is 0 Å². The summed E-state index contributed by atoms with van der Waals surface area (Å²) in [7, 11) is 0. The van der Waals surface area contributed by atoms with Crippen molar-refractivity contribution in [3.63, 3.8) is 0 Å². The van der Waals surface area contributed by atoms with E-state index in [1.54, 1.807) is 24.3 Å². The van der Waals surface area contributed by atoms with Crippen molar-refractivity contribution in [2.75, 3.05) is 19.8 Å². The molecule has 8 heteroatoms. The zero-order chi connectivity index (χ0) is 26.2. The molecule has 2 aromatic rings. The average Bonchev–Trinajstić information content (AvgIpc) is 2.89. The maximum Gasteiger partial charge on any atom is 0.343 e. The molecule has 0 bridgehead atoms. The molecule has 0 spiro atoms. The van der Waals surface area contributed by atoms with Gasteiger partial charge < -0.3 is 24.1 Å². The van der Waals surface area contributed by atoms with Crippen molar-refractivity contribution in [3.05, 3.63) is 66.2 Å². The van der Waals surface area contributed by atoms with Gasteiger partial charge in [0.25, 0.3) is 0 Å². The van der Waals surface area contributed by atoms with E-state index in [2.05, 4.69) is 6.58 Å². The standard InChI is InChI=1S/C28H34O8/c1-3-5-8-20-35-28(32)23-12-11-13-24(26(23)30)36-27(31)21-14-16-22(17-15-21)33-18-9-6-7-10-19-34-25(29)4-2/h4,11-17,30H,2-3,5-10,18-20H2,1H3. The second kappa shape index (κ2) is 16.0. The Labute approximate surface area is 211 Å². The van der Waals surface area contributed by atoms with Crippen LogP contribution in [0.3, 0.4) is 0 Å². The van der Waals surface area contributed by atoms with Crippen LogP contribution in [0.1, 0.15) is 72.6 Å². The van der Waals surface area contributed by atoms with Gasteiger partial charge in [0.05, 0.1) is 25.4 Å². The van der Waals surface area contributed by atoms with Crippen molar-refractivity contribution in [2.24, 2.45) is 0 Å². The second-order valence-corrected chi connectivity index (χ2v) is 8.04. The third-order valence-corrected chi connectivity index (χ3v) is 5.21. The van der Waals surface area contributed by atoms with Crippen molar-refractivity contribution in [1.29, 1.82) is 0 Å². The monoisotopic (exact) mass is 498 g/mol. The Morgan fingerprint density at radius 3 is 2.19 bits per heavy atom. The molecule has 2 aromatic carbocycles. The molecule has 0 unspecified atom stereocenters. The van der Waals surface area contributed by atoms with Crippen LogP contribution in [0.15, 0.2) is 55.1 Å². The molecule has 0 aliphatic heterocycles. The van der Waals surface area contributed by atoms with Crippen molar-refractivity contribution >= 4 is 17.9 Å². The fourth-order valence-corrected chi connectivity index (χ4v) is 3.19. The van der Waals surface area contributed by atoms with Gasteiger partial charge >= 0.3 is 17.9 Å². The normalized spacial score (nSPS) is 10.4. The fourth-order valence-electron chi connectivity index (χ4n) is 3.19. The van der Waals surface area contributed by atoms with Crippen LogP contribution in [0.25, 0.3) is 0 Å². The number of phenolic OH excluding ortho intramolecular Hbond substituents is 1. The van der Waals surface area contributed by atoms with E-state index in [-0.39, 0.29) is 23.5 Å². The minimum Gasteiger partial charge on any atom is -0.504 e. The molecule has 0 aliphatic rings. The lowest BCUT2D eigenvalue weighted by Gasteiger charge is -2.11. The summed E-state index contributed by atoms with van der Waals surface area (Å²) < 4.78 is 21.1. The molecule has 194 valence electrons. The second-order valence-electron chi connectivity index (χ2n) is 8.04. The molecule has 8 nitrogen and oxygen atoms in total. The minimum atomic E-state index is -0.678. The lowest BCUT2D eigenvalue weighted by Crippen LogP contribution is -2.11. The van der Waals surface area contributed by atoms with E-state index in [0.29, 0.717) is 19.0 Å². The maximum absolute atomic E-state index is 12.5. The number of para-hydroxylation sites is 1. The first-order chi connectivity index (χ1) is 17.5. The van der Waals surface area contributed by atoms with Gasteiger partial charge in [0.2, 0.25) is 0 Å². The summed E-state index contributed by atoms with van der Waals surface area (Å²) in [5, 5.41) is 10.4. The van der Waals surface area contributed by atoms with Crippen LogP contribution < -0.4 is 9.47 Å². The Bertz CT molecular complexity index is 997. The Balaban J connectivity index is 1.78. The Morgan fingerprint density at radius 1 is 0.833 bits per heavy atom. The quantitative estimate of drug-likeness (QED) is 0.137. The molecule has 1 N–H and O–H groups in total. The molecule has 0 saturated heterocycles. The maximum atomic E-state index is 12.5. The van der Waals surface area contributed by atoms with E-state index in [0.717, 1.165) is 51.0 Å². The van der Waals surface area contributed by atoms with Gasteiger partial charge in [0.15, 0.2) is 11.5 Å². The number of esters is 3. The molecule has 0 fully saturated rings. The number of hydrogen-bond acceptors (Lipinski definition) is 8. The lowest BCUT2D eigenvalue weighted by atomic mass is 10.2. The molecule has 0 atom stereocenters. The molecule has 0 amide bonds. The van der Waals surface area contributed by atoms with Crippen molar-refractivity contribution in [3.8, 4) is 17.2 Å². The topological polar surface area (TPSA) is 108 Å². The van der Waals surface area contributed by atoms with Gasteiger partial charge in [-0.3, -0.25) is 0 Å². The highest BCUT2D eigenvalue weighted by molar-refractivity contribution is 5.95. The first-order valence-electron chi connectivity index (χ1n) is 12.2. The summed E-state index contributed by atoms with van der Waals surface area (Å²) in [4.78, 5) is 35.7. The molecular weight excluding hydrogens is 464 g/mol. The molecule has 0 heterocycles. The van der Waals surface area contributed by atoms with Crippen LogP contribution in [-0.2, 0) is 14.3 Å². The number of rotatable bonds is 16. The first kappa shape index (κ1) is 28.4. The zero-order valence-electron chi connectivity index (χ0n) is 20.7. The largest absolute Gasteiger partial charge is 0.504 e. The summed E-state index contributed by atoms with van der Waals surface area (Å²) in [5.74, 6) is -1.70. The third-order valence-electron chi connectivity index (χ3n) is 5.21. The number of unbranched alkanes of at least 4 members (excludes halogenated alkanes) is 5. The lowest BCUT2D eigenvalue weighted by molar-refractivity contribution is -0.137. The van der Waals surface area contributed by atoms with E-state index in [1.165, 1.54) is 18.2 Å². The van der Waals surface area contributed by atoms with Crippen LogP contribution in [0.2, 0.25) is 0 Å². The van der Waals surface area contributed by atoms with Gasteiger partial charge in [-0.15, -0.1) is 0 Å². The molecule has 2 rings (SSSR count). The molecule has 36 heavy (non-hydrogen) atoms. The number of carbonyl (C=O) groups excluding carboxylic acids is 3. The Morgan fingerprint density at radius 2 is 1.50 bits per heavy atom. The van der Waals surface area contributed by atoms with E-state index in [9.17, 15) is 19.5 Å². The van der Waals surface area contributed by atoms with Gasteiger partial charge in [-0.2, -0.15) is 0 Å². The SMILES string of the molecule is C=CC(=O)OCCCCCCOc1ccc(C(=O)Oc2cccc(C(=O)OCCCCC)c2O)cc1. The van der Waals surface area contributed by atoms with Gasteiger partial charge in [0.1, 0.15) is 11.3 Å². The van der Waals surface area contributed by atoms with Crippen LogP contribution >= 0.6 is 0 Å². The third kappa shape index (κ3) is 9.82. The highest BCUT2D eigenvalue weighted by atomic mass is 16.5. The van der Waals surface area contributed by atoms with Gasteiger partial charge in [-0.25, -0.2) is 14.4 Å². The number of carbonyl (C=O) groups is 3. The summed E-state index contributed by atoms with van der Waals surface area (Å²) in [5.41, 5.74) is 0.210. The van der Waals surface area contributed by atoms with Gasteiger partial charge in [-0.1, -0.05) is 32.4 Å². The number of benzene rings is 2. The van der Waals surface area contributed by atoms with Crippen LogP contribution in [0.5, 0.6) is 17.2 Å². The number of aromatic hydroxyl groups is 1. The molecule has 0 saturated carbocycles. The van der Waals surface area contributed by atoms with Crippen LogP contribution in [0, 0.1) is 0 Å². The number of phenols is 1. The molecule has 0 radical (unpaired) electrons. The molecular formula is C28H34O8. The van der Waals surface area contributed by atoms with Crippen molar-refractivity contribution in [2.45, 2.75) is 51.9 Å². The molecule has 0 aliphatic carbocycles. The number of hydrogen-bond donors (Lipinski definition) is 1. The molecule has 0 aromatic heterocycles. The van der Waals surface area contributed by atoms with Crippen LogP contribution in [0.4, 0.5) is 0 Å².